The van der Waals surface area contributed by atoms with E-state index in [0.717, 1.165) is 42.7 Å². The summed E-state index contributed by atoms with van der Waals surface area (Å²) in [5.74, 6) is 0. The number of aliphatic hydroxyl groups excluding tert-OH is 4. The van der Waals surface area contributed by atoms with Gasteiger partial charge in [0, 0.05) is 49.5 Å². The molecule has 0 aromatic heterocycles. The van der Waals surface area contributed by atoms with E-state index in [0.29, 0.717) is 0 Å². The summed E-state index contributed by atoms with van der Waals surface area (Å²) in [5.41, 5.74) is 0. The first-order valence-corrected chi connectivity index (χ1v) is 2.61. The molecule has 0 bridgehead atoms. The van der Waals surface area contributed by atoms with E-state index in [1.165, 1.54) is 0 Å². The molecule has 0 aromatic rings. The van der Waals surface area contributed by atoms with Crippen molar-refractivity contribution in [3.63, 3.8) is 0 Å². The fourth-order valence-corrected chi connectivity index (χ4v) is 0. The van der Waals surface area contributed by atoms with E-state index in [4.69, 9.17) is 30.6 Å². The molecular weight excluding hydrogens is 288 g/mol. The third-order valence-corrected chi connectivity index (χ3v) is 0. The zero-order valence-corrected chi connectivity index (χ0v) is 13.1. The Balaban J connectivity index is -0.00000000500. The predicted octanol–water partition coefficient (Wildman–Crippen LogP) is -4.00. The van der Waals surface area contributed by atoms with Gasteiger partial charge in [-0.25, -0.2) is 0 Å². The number of aliphatic hydroxyl groups is 4. The van der Waals surface area contributed by atoms with E-state index in [1.54, 1.807) is 0 Å². The van der Waals surface area contributed by atoms with E-state index in [9.17, 15) is 0 Å². The van der Waals surface area contributed by atoms with Crippen molar-refractivity contribution in [2.24, 2.45) is 0 Å². The van der Waals surface area contributed by atoms with Crippen molar-refractivity contribution < 1.29 is 51.7 Å². The van der Waals surface area contributed by atoms with Gasteiger partial charge in [0.25, 0.3) is 0 Å². The van der Waals surface area contributed by atoms with Crippen LogP contribution in [0.2, 0.25) is 0 Å². The average Bonchev–Trinajstić information content (AvgIpc) is 2.33. The van der Waals surface area contributed by atoms with Gasteiger partial charge in [0.15, 0.2) is 0 Å². The van der Waals surface area contributed by atoms with Gasteiger partial charge in [-0.15, -0.1) is 0 Å². The van der Waals surface area contributed by atoms with Crippen LogP contribution in [0.25, 0.3) is 0 Å². The number of hydrogen-bond donors (Lipinski definition) is 4. The molecule has 0 amide bonds. The van der Waals surface area contributed by atoms with Crippen LogP contribution in [0.15, 0.2) is 0 Å². The van der Waals surface area contributed by atoms with Gasteiger partial charge in [0.05, 0.1) is 0 Å². The van der Waals surface area contributed by atoms with Crippen LogP contribution < -0.4 is 10.2 Å². The maximum Gasteiger partial charge on any atom is 2.00 e. The summed E-state index contributed by atoms with van der Waals surface area (Å²) in [6, 6.07) is 0. The predicted molar refractivity (Wildman–Crippen MR) is 50.2 cm³/mol. The van der Waals surface area contributed by atoms with Crippen LogP contribution in [-0.2, 0) is 21.1 Å². The van der Waals surface area contributed by atoms with Crippen molar-refractivity contribution in [2.45, 2.75) is 0 Å². The molecule has 6 nitrogen and oxygen atoms in total. The topological polar surface area (TPSA) is 127 Å². The molecule has 4 N–H and O–H groups in total. The van der Waals surface area contributed by atoms with Crippen molar-refractivity contribution in [2.75, 3.05) is 42.7 Å². The molecule has 8 heteroatoms. The van der Waals surface area contributed by atoms with Crippen molar-refractivity contribution in [3.05, 3.63) is 0 Å². The maximum absolute atomic E-state index is 8.25. The summed E-state index contributed by atoms with van der Waals surface area (Å²) >= 11 is 0. The van der Waals surface area contributed by atoms with Crippen LogP contribution in [-0.4, -0.2) is 86.1 Å². The molecule has 90 valence electrons. The van der Waals surface area contributed by atoms with Gasteiger partial charge in [-0.1, -0.05) is 0 Å². The molecule has 0 saturated carbocycles. The van der Waals surface area contributed by atoms with E-state index >= 15 is 0 Å². The van der Waals surface area contributed by atoms with Gasteiger partial charge in [0.1, 0.15) is 0 Å². The first-order chi connectivity index (χ1) is 6.00. The van der Waals surface area contributed by atoms with Crippen LogP contribution in [0.3, 0.4) is 0 Å². The van der Waals surface area contributed by atoms with Crippen molar-refractivity contribution in [1.29, 1.82) is 0 Å². The smallest absolute Gasteiger partial charge is 0.857 e. The van der Waals surface area contributed by atoms with Crippen molar-refractivity contribution >= 4 is 23.1 Å². The van der Waals surface area contributed by atoms with E-state index in [2.05, 4.69) is 0 Å². The molecule has 0 unspecified atom stereocenters. The summed E-state index contributed by atoms with van der Waals surface area (Å²) in [6.07, 6.45) is 0. The van der Waals surface area contributed by atoms with Gasteiger partial charge in [-0.05, 0) is 0 Å². The van der Waals surface area contributed by atoms with Crippen molar-refractivity contribution in [3.8, 4) is 0 Å². The summed E-state index contributed by atoms with van der Waals surface area (Å²) < 4.78 is 0. The molecule has 0 aliphatic rings. The van der Waals surface area contributed by atoms with Crippen LogP contribution >= 0.6 is 0 Å². The average molecular weight is 310 g/mol. The Morgan fingerprint density at radius 1 is 0.500 bits per heavy atom. The van der Waals surface area contributed by atoms with Crippen LogP contribution in [0.5, 0.6) is 0 Å². The van der Waals surface area contributed by atoms with Crippen molar-refractivity contribution in [1.82, 2.24) is 0 Å². The van der Waals surface area contributed by atoms with Crippen LogP contribution in [0.4, 0.5) is 0 Å². The minimum atomic E-state index is 0. The van der Waals surface area contributed by atoms with Gasteiger partial charge >= 0.3 is 23.1 Å². The molecule has 0 fully saturated rings. The van der Waals surface area contributed by atoms with Crippen LogP contribution in [0.1, 0.15) is 0 Å². The van der Waals surface area contributed by atoms with Gasteiger partial charge in [0.2, 0.25) is 0 Å². The molecule has 0 radical (unpaired) electrons. The third kappa shape index (κ3) is 1340. The molecule has 0 aliphatic carbocycles. The second kappa shape index (κ2) is 1680. The molecule has 0 heterocycles. The Hall–Kier alpha value is 1.21. The zero-order chi connectivity index (χ0) is 12.0. The van der Waals surface area contributed by atoms with Gasteiger partial charge in [-0.2, -0.15) is 14.2 Å². The van der Waals surface area contributed by atoms with E-state index < -0.39 is 0 Å². The Morgan fingerprint density at radius 2 is 0.500 bits per heavy atom. The third-order valence-electron chi connectivity index (χ3n) is 0. The summed E-state index contributed by atoms with van der Waals surface area (Å²) in [7, 11) is 5.50. The Labute approximate surface area is 117 Å². The minimum Gasteiger partial charge on any atom is -0.857 e. The maximum atomic E-state index is 8.25. The Morgan fingerprint density at radius 3 is 0.500 bits per heavy atom. The molecule has 0 atom stereocenters. The summed E-state index contributed by atoms with van der Waals surface area (Å²) in [4.78, 5) is 0. The molecule has 14 heavy (non-hydrogen) atoms. The first kappa shape index (κ1) is 59.1. The fraction of sp³-hybridized carbons (Fsp3) is 1.00. The molecule has 0 rings (SSSR count). The monoisotopic (exact) mass is 312 g/mol. The molecule has 0 saturated heterocycles. The number of hydrogen-bond acceptors (Lipinski definition) is 6. The minimum absolute atomic E-state index is 0. The SMILES string of the molecule is CO.CO.CO.CO.C[O-].C[O-].[Mg+2].[Mo]. The number of rotatable bonds is 0. The summed E-state index contributed by atoms with van der Waals surface area (Å²) in [6.45, 7) is 0. The molecular formula is C6H22MgMoO6. The first-order valence-electron chi connectivity index (χ1n) is 2.61. The van der Waals surface area contributed by atoms with Gasteiger partial charge < -0.3 is 30.6 Å². The molecule has 0 aromatic carbocycles. The molecule has 0 spiro atoms. The quantitative estimate of drug-likeness (QED) is 0.338. The zero-order valence-electron chi connectivity index (χ0n) is 9.72. The van der Waals surface area contributed by atoms with E-state index in [-0.39, 0.29) is 44.1 Å². The second-order valence-electron chi connectivity index (χ2n) is 0. The summed E-state index contributed by atoms with van der Waals surface area (Å²) in [5, 5.41) is 44.5. The van der Waals surface area contributed by atoms with Crippen LogP contribution in [0, 0.1) is 0 Å². The normalized spacial score (nSPS) is 2.57. The largest absolute Gasteiger partial charge is 2.00 e. The second-order valence-corrected chi connectivity index (χ2v) is 0. The Kier molecular flexibility index (Phi) is 7100. The standard InChI is InChI=1S/4CH4O.2CH3O.Mg.Mo/c6*1-2;;/h4*2H,1H3;2*1H3;;/q;;;;2*-1;+2;. The Bertz CT molecular complexity index is 22.3. The van der Waals surface area contributed by atoms with Gasteiger partial charge in [-0.3, -0.25) is 0 Å². The van der Waals surface area contributed by atoms with E-state index in [1.807, 2.05) is 0 Å². The molecule has 0 aliphatic heterocycles. The fourth-order valence-electron chi connectivity index (χ4n) is 0.